The maximum absolute atomic E-state index is 13.2. The molecule has 5 rings (SSSR count). The number of benzene rings is 2. The summed E-state index contributed by atoms with van der Waals surface area (Å²) in [6.07, 6.45) is 0. The zero-order chi connectivity index (χ0) is 26.8. The molecular weight excluding hydrogens is 480 g/mol. The Bertz CT molecular complexity index is 1480. The second-order valence-electron chi connectivity index (χ2n) is 9.64. The number of amides is 1. The third-order valence-electron chi connectivity index (χ3n) is 6.71. The van der Waals surface area contributed by atoms with Gasteiger partial charge in [-0.3, -0.25) is 4.79 Å². The number of nitrogen functional groups attached to an aromatic ring is 2. The highest BCUT2D eigenvalue weighted by molar-refractivity contribution is 6.00. The number of piperazine rings is 1. The van der Waals surface area contributed by atoms with Gasteiger partial charge < -0.3 is 31.3 Å². The number of carbonyl (C=O) groups is 1. The molecule has 0 radical (unpaired) electrons. The lowest BCUT2D eigenvalue weighted by Gasteiger charge is -2.33. The molecule has 1 atom stereocenters. The van der Waals surface area contributed by atoms with Crippen LogP contribution in [0.2, 0.25) is 0 Å². The third-order valence-corrected chi connectivity index (χ3v) is 6.71. The van der Waals surface area contributed by atoms with Crippen LogP contribution in [0, 0.1) is 6.92 Å². The van der Waals surface area contributed by atoms with Crippen molar-refractivity contribution < 1.29 is 9.53 Å². The molecule has 196 valence electrons. The molecular formula is C28H32N8O2. The minimum Gasteiger partial charge on any atom is -0.437 e. The van der Waals surface area contributed by atoms with E-state index in [4.69, 9.17) is 16.2 Å². The normalized spacial score (nSPS) is 14.9. The third kappa shape index (κ3) is 5.45. The summed E-state index contributed by atoms with van der Waals surface area (Å²) in [5.74, 6) is 1.72. The number of nitrogens with one attached hydrogen (secondary N) is 1. The van der Waals surface area contributed by atoms with Gasteiger partial charge in [-0.2, -0.15) is 4.98 Å². The van der Waals surface area contributed by atoms with Gasteiger partial charge in [0, 0.05) is 42.8 Å². The smallest absolute Gasteiger partial charge is 0.251 e. The van der Waals surface area contributed by atoms with Crippen molar-refractivity contribution in [3.63, 3.8) is 0 Å². The number of anilines is 3. The van der Waals surface area contributed by atoms with E-state index in [1.807, 2.05) is 50.2 Å². The minimum absolute atomic E-state index is 0.193. The summed E-state index contributed by atoms with van der Waals surface area (Å²) >= 11 is 0. The molecule has 0 bridgehead atoms. The maximum atomic E-state index is 13.2. The summed E-state index contributed by atoms with van der Waals surface area (Å²) in [6.45, 7) is 7.41. The lowest BCUT2D eigenvalue weighted by molar-refractivity contribution is 0.0940. The zero-order valence-electron chi connectivity index (χ0n) is 21.8. The highest BCUT2D eigenvalue weighted by atomic mass is 16.5. The standard InChI is InChI=1S/C28H32N8O2/c1-17-7-10-23(29)27(31-17)38-21-6-4-5-19(15-21)18(2)32-26(37)20-8-9-22-24(16-20)33-28(30)34-25(22)36-13-11-35(3)12-14-36/h4-10,15-16,18H,11-14,29H2,1-3H3,(H,32,37)(H2,30,33,34). The quantitative estimate of drug-likeness (QED) is 0.354. The zero-order valence-corrected chi connectivity index (χ0v) is 21.8. The summed E-state index contributed by atoms with van der Waals surface area (Å²) in [7, 11) is 2.11. The summed E-state index contributed by atoms with van der Waals surface area (Å²) in [4.78, 5) is 31.0. The highest BCUT2D eigenvalue weighted by Crippen LogP contribution is 2.29. The first-order chi connectivity index (χ1) is 18.3. The predicted octanol–water partition coefficient (Wildman–Crippen LogP) is 3.53. The van der Waals surface area contributed by atoms with Crippen molar-refractivity contribution >= 4 is 34.3 Å². The van der Waals surface area contributed by atoms with Crippen LogP contribution in [0.4, 0.5) is 17.5 Å². The summed E-state index contributed by atoms with van der Waals surface area (Å²) < 4.78 is 5.92. The summed E-state index contributed by atoms with van der Waals surface area (Å²) in [5, 5.41) is 3.94. The number of pyridine rings is 1. The summed E-state index contributed by atoms with van der Waals surface area (Å²) in [5.41, 5.74) is 15.3. The van der Waals surface area contributed by atoms with Crippen molar-refractivity contribution in [3.8, 4) is 11.6 Å². The first kappa shape index (κ1) is 25.2. The van der Waals surface area contributed by atoms with Gasteiger partial charge in [0.25, 0.3) is 5.91 Å². The molecule has 1 unspecified atom stereocenters. The molecule has 0 saturated carbocycles. The fourth-order valence-corrected chi connectivity index (χ4v) is 4.48. The van der Waals surface area contributed by atoms with Crippen LogP contribution in [0.5, 0.6) is 11.6 Å². The number of fused-ring (bicyclic) bond motifs is 1. The van der Waals surface area contributed by atoms with Crippen molar-refractivity contribution in [1.82, 2.24) is 25.2 Å². The Labute approximate surface area is 221 Å². The average Bonchev–Trinajstić information content (AvgIpc) is 2.90. The molecule has 4 aromatic rings. The highest BCUT2D eigenvalue weighted by Gasteiger charge is 2.20. The van der Waals surface area contributed by atoms with E-state index >= 15 is 0 Å². The van der Waals surface area contributed by atoms with Gasteiger partial charge in [-0.15, -0.1) is 0 Å². The van der Waals surface area contributed by atoms with Gasteiger partial charge in [0.1, 0.15) is 11.6 Å². The number of carbonyl (C=O) groups excluding carboxylic acids is 1. The SMILES string of the molecule is Cc1ccc(N)c(Oc2cccc(C(C)NC(=O)c3ccc4c(N5CCN(C)CC5)nc(N)nc4c3)c2)n1. The van der Waals surface area contributed by atoms with E-state index in [2.05, 4.69) is 37.1 Å². The van der Waals surface area contributed by atoms with Gasteiger partial charge in [-0.25, -0.2) is 9.97 Å². The van der Waals surface area contributed by atoms with E-state index in [-0.39, 0.29) is 17.9 Å². The molecule has 10 nitrogen and oxygen atoms in total. The molecule has 0 spiro atoms. The Morgan fingerprint density at radius 3 is 2.58 bits per heavy atom. The minimum atomic E-state index is -0.277. The van der Waals surface area contributed by atoms with E-state index in [0.29, 0.717) is 28.4 Å². The number of likely N-dealkylation sites (N-methyl/N-ethyl adjacent to an activating group) is 1. The van der Waals surface area contributed by atoms with Gasteiger partial charge in [0.15, 0.2) is 0 Å². The molecule has 3 heterocycles. The van der Waals surface area contributed by atoms with Crippen molar-refractivity contribution in [2.24, 2.45) is 0 Å². The Morgan fingerprint density at radius 2 is 1.79 bits per heavy atom. The van der Waals surface area contributed by atoms with Gasteiger partial charge in [0.05, 0.1) is 17.2 Å². The van der Waals surface area contributed by atoms with Crippen molar-refractivity contribution in [2.75, 3.05) is 49.6 Å². The Kier molecular flexibility index (Phi) is 6.97. The number of hydrogen-bond acceptors (Lipinski definition) is 9. The first-order valence-corrected chi connectivity index (χ1v) is 12.6. The van der Waals surface area contributed by atoms with Crippen LogP contribution < -0.4 is 26.4 Å². The second kappa shape index (κ2) is 10.5. The Balaban J connectivity index is 1.33. The van der Waals surface area contributed by atoms with E-state index < -0.39 is 0 Å². The van der Waals surface area contributed by atoms with Crippen molar-refractivity contribution in [1.29, 1.82) is 0 Å². The number of rotatable bonds is 6. The second-order valence-corrected chi connectivity index (χ2v) is 9.64. The number of aromatic nitrogens is 3. The molecule has 2 aromatic carbocycles. The monoisotopic (exact) mass is 512 g/mol. The first-order valence-electron chi connectivity index (χ1n) is 12.6. The van der Waals surface area contributed by atoms with Gasteiger partial charge in [0.2, 0.25) is 11.8 Å². The van der Waals surface area contributed by atoms with Crippen LogP contribution in [-0.4, -0.2) is 59.0 Å². The van der Waals surface area contributed by atoms with E-state index in [9.17, 15) is 4.79 Å². The van der Waals surface area contributed by atoms with Crippen LogP contribution in [0.1, 0.15) is 34.6 Å². The fraction of sp³-hybridized carbons (Fsp3) is 0.286. The molecule has 5 N–H and O–H groups in total. The average molecular weight is 513 g/mol. The molecule has 38 heavy (non-hydrogen) atoms. The Hall–Kier alpha value is -4.44. The summed E-state index contributed by atoms with van der Waals surface area (Å²) in [6, 6.07) is 16.3. The fourth-order valence-electron chi connectivity index (χ4n) is 4.48. The molecule has 2 aromatic heterocycles. The number of nitrogens with two attached hydrogens (primary N) is 2. The molecule has 10 heteroatoms. The van der Waals surface area contributed by atoms with E-state index in [1.165, 1.54) is 0 Å². The van der Waals surface area contributed by atoms with Crippen LogP contribution >= 0.6 is 0 Å². The lowest BCUT2D eigenvalue weighted by atomic mass is 10.1. The number of aryl methyl sites for hydroxylation is 1. The van der Waals surface area contributed by atoms with Crippen LogP contribution in [-0.2, 0) is 0 Å². The molecule has 1 amide bonds. The van der Waals surface area contributed by atoms with Crippen LogP contribution in [0.15, 0.2) is 54.6 Å². The number of nitrogens with zero attached hydrogens (tertiary/aromatic N) is 5. The predicted molar refractivity (Wildman–Crippen MR) is 149 cm³/mol. The van der Waals surface area contributed by atoms with Gasteiger partial charge in [-0.05, 0) is 68.9 Å². The molecule has 1 saturated heterocycles. The number of ether oxygens (including phenoxy) is 1. The molecule has 0 aliphatic carbocycles. The van der Waals surface area contributed by atoms with E-state index in [1.54, 1.807) is 18.2 Å². The van der Waals surface area contributed by atoms with Crippen molar-refractivity contribution in [2.45, 2.75) is 19.9 Å². The Morgan fingerprint density at radius 1 is 1.00 bits per heavy atom. The van der Waals surface area contributed by atoms with Crippen LogP contribution in [0.25, 0.3) is 10.9 Å². The largest absolute Gasteiger partial charge is 0.437 e. The lowest BCUT2D eigenvalue weighted by Crippen LogP contribution is -2.45. The molecule has 1 aliphatic heterocycles. The maximum Gasteiger partial charge on any atom is 0.251 e. The number of hydrogen-bond donors (Lipinski definition) is 3. The molecule has 1 fully saturated rings. The van der Waals surface area contributed by atoms with E-state index in [0.717, 1.165) is 48.6 Å². The molecule has 1 aliphatic rings. The van der Waals surface area contributed by atoms with Crippen molar-refractivity contribution in [3.05, 3.63) is 71.4 Å². The van der Waals surface area contributed by atoms with Crippen LogP contribution in [0.3, 0.4) is 0 Å². The van der Waals surface area contributed by atoms with Gasteiger partial charge in [-0.1, -0.05) is 12.1 Å². The van der Waals surface area contributed by atoms with Gasteiger partial charge >= 0.3 is 0 Å². The topological polar surface area (TPSA) is 136 Å².